The minimum atomic E-state index is -0.178. The highest BCUT2D eigenvalue weighted by molar-refractivity contribution is 5.77. The zero-order chi connectivity index (χ0) is 24.1. The van der Waals surface area contributed by atoms with Crippen molar-refractivity contribution in [3.8, 4) is 0 Å². The number of rotatable bonds is 6. The molecule has 0 bridgehead atoms. The largest absolute Gasteiger partial charge is 0.456 e. The Morgan fingerprint density at radius 1 is 1.21 bits per heavy atom. The van der Waals surface area contributed by atoms with Crippen LogP contribution in [0.2, 0.25) is 0 Å². The Kier molecular flexibility index (Phi) is 11.4. The molecule has 2 unspecified atom stereocenters. The molecule has 0 amide bonds. The fourth-order valence-electron chi connectivity index (χ4n) is 4.43. The summed E-state index contributed by atoms with van der Waals surface area (Å²) in [5, 5.41) is 3.68. The number of nitrogens with one attached hydrogen (secondary N) is 1. The maximum absolute atomic E-state index is 11.9. The smallest absolute Gasteiger partial charge is 0.288 e. The summed E-state index contributed by atoms with van der Waals surface area (Å²) in [5.74, 6) is -0.178. The highest BCUT2D eigenvalue weighted by atomic mass is 19.1. The van der Waals surface area contributed by atoms with Crippen LogP contribution in [0.5, 0.6) is 0 Å². The van der Waals surface area contributed by atoms with E-state index in [9.17, 15) is 4.39 Å². The number of benzene rings is 1. The number of halogens is 1. The first-order valence-electron chi connectivity index (χ1n) is 12.5. The molecule has 1 saturated carbocycles. The summed E-state index contributed by atoms with van der Waals surface area (Å²) in [7, 11) is 0. The lowest BCUT2D eigenvalue weighted by Gasteiger charge is -2.32. The number of hydrogen-bond donors (Lipinski definition) is 1. The normalized spacial score (nSPS) is 23.7. The summed E-state index contributed by atoms with van der Waals surface area (Å²) < 4.78 is 18.3. The van der Waals surface area contributed by atoms with Crippen LogP contribution in [0.1, 0.15) is 59.3 Å². The Morgan fingerprint density at radius 3 is 2.55 bits per heavy atom. The van der Waals surface area contributed by atoms with Crippen molar-refractivity contribution in [3.05, 3.63) is 72.6 Å². The molecule has 4 nitrogen and oxygen atoms in total. The van der Waals surface area contributed by atoms with Crippen molar-refractivity contribution in [2.75, 3.05) is 26.2 Å². The van der Waals surface area contributed by atoms with Gasteiger partial charge >= 0.3 is 0 Å². The zero-order valence-electron chi connectivity index (χ0n) is 20.8. The van der Waals surface area contributed by atoms with Gasteiger partial charge in [-0.25, -0.2) is 9.38 Å². The fourth-order valence-corrected chi connectivity index (χ4v) is 4.43. The van der Waals surface area contributed by atoms with Crippen molar-refractivity contribution < 1.29 is 9.13 Å². The first-order valence-corrected chi connectivity index (χ1v) is 12.5. The van der Waals surface area contributed by atoms with Crippen LogP contribution in [0.15, 0.2) is 71.8 Å². The van der Waals surface area contributed by atoms with Crippen molar-refractivity contribution in [2.24, 2.45) is 4.99 Å². The SMILES string of the molecule is C=CC1=C(C=C)CN(C2=NCC3(CCC(NCCCC)C3)O2)CC1.CC.Fc1ccccc1. The number of amidine groups is 1. The van der Waals surface area contributed by atoms with Crippen molar-refractivity contribution >= 4 is 6.02 Å². The molecule has 33 heavy (non-hydrogen) atoms. The van der Waals surface area contributed by atoms with Crippen LogP contribution in [-0.2, 0) is 4.74 Å². The number of allylic oxidation sites excluding steroid dienone is 1. The minimum Gasteiger partial charge on any atom is -0.456 e. The van der Waals surface area contributed by atoms with Gasteiger partial charge in [0.25, 0.3) is 6.02 Å². The molecule has 3 aliphatic rings. The summed E-state index contributed by atoms with van der Waals surface area (Å²) in [6, 6.07) is 9.36. The van der Waals surface area contributed by atoms with Gasteiger partial charge in [-0.15, -0.1) is 0 Å². The quantitative estimate of drug-likeness (QED) is 0.513. The first-order chi connectivity index (χ1) is 16.1. The molecule has 1 spiro atoms. The van der Waals surface area contributed by atoms with Crippen LogP contribution in [0.3, 0.4) is 0 Å². The van der Waals surface area contributed by atoms with Gasteiger partial charge in [0, 0.05) is 25.6 Å². The summed E-state index contributed by atoms with van der Waals surface area (Å²) in [6.45, 7) is 17.8. The van der Waals surface area contributed by atoms with Crippen LogP contribution < -0.4 is 5.32 Å². The van der Waals surface area contributed by atoms with Crippen LogP contribution in [0.25, 0.3) is 0 Å². The molecule has 4 rings (SSSR count). The molecule has 1 N–H and O–H groups in total. The average Bonchev–Trinajstić information content (AvgIpc) is 3.47. The van der Waals surface area contributed by atoms with Crippen molar-refractivity contribution in [2.45, 2.75) is 70.9 Å². The molecule has 0 saturated heterocycles. The molecule has 1 aromatic carbocycles. The summed E-state index contributed by atoms with van der Waals surface area (Å²) in [5.41, 5.74) is 2.49. The van der Waals surface area contributed by atoms with E-state index >= 15 is 0 Å². The highest BCUT2D eigenvalue weighted by Crippen LogP contribution is 2.38. The summed E-state index contributed by atoms with van der Waals surface area (Å²) >= 11 is 0. The highest BCUT2D eigenvalue weighted by Gasteiger charge is 2.46. The molecule has 5 heteroatoms. The number of hydrogen-bond acceptors (Lipinski definition) is 4. The first kappa shape index (κ1) is 26.8. The summed E-state index contributed by atoms with van der Waals surface area (Å²) in [4.78, 5) is 7.02. The molecule has 1 aliphatic carbocycles. The molecule has 0 aromatic heterocycles. The summed E-state index contributed by atoms with van der Waals surface area (Å²) in [6.07, 6.45) is 10.8. The molecule has 1 aromatic rings. The van der Waals surface area contributed by atoms with E-state index in [4.69, 9.17) is 9.73 Å². The number of aliphatic imine (C=N–C) groups is 1. The Morgan fingerprint density at radius 2 is 1.94 bits per heavy atom. The standard InChI is InChI=1S/C20H31N3O.C6H5F.C2H6/c1-4-7-11-21-18-8-10-20(13-18)15-22-19(24-20)23-12-9-16(5-2)17(6-3)14-23;7-6-4-2-1-3-5-6;1-2/h5-6,18,21H,2-4,7-15H2,1H3;1-5H;1-2H3. The second kappa shape index (κ2) is 14.0. The third-order valence-electron chi connectivity index (χ3n) is 6.26. The van der Waals surface area contributed by atoms with Gasteiger partial charge in [0.05, 0.1) is 6.54 Å². The number of ether oxygens (including phenoxy) is 1. The molecule has 2 aliphatic heterocycles. The minimum absolute atomic E-state index is 0.0595. The van der Waals surface area contributed by atoms with E-state index in [0.717, 1.165) is 51.5 Å². The van der Waals surface area contributed by atoms with Crippen molar-refractivity contribution in [3.63, 3.8) is 0 Å². The Balaban J connectivity index is 0.000000362. The van der Waals surface area contributed by atoms with Gasteiger partial charge in [-0.05, 0) is 55.5 Å². The second-order valence-electron chi connectivity index (χ2n) is 8.56. The lowest BCUT2D eigenvalue weighted by molar-refractivity contribution is 0.0728. The van der Waals surface area contributed by atoms with Gasteiger partial charge in [-0.3, -0.25) is 0 Å². The monoisotopic (exact) mass is 455 g/mol. The molecule has 2 atom stereocenters. The van der Waals surface area contributed by atoms with E-state index in [0.29, 0.717) is 6.04 Å². The molecule has 2 heterocycles. The van der Waals surface area contributed by atoms with E-state index < -0.39 is 0 Å². The van der Waals surface area contributed by atoms with E-state index in [1.165, 1.54) is 42.5 Å². The zero-order valence-corrected chi connectivity index (χ0v) is 20.8. The lowest BCUT2D eigenvalue weighted by atomic mass is 10.0. The van der Waals surface area contributed by atoms with Crippen LogP contribution in [0, 0.1) is 5.82 Å². The third-order valence-corrected chi connectivity index (χ3v) is 6.26. The van der Waals surface area contributed by atoms with Gasteiger partial charge in [-0.2, -0.15) is 0 Å². The van der Waals surface area contributed by atoms with Gasteiger partial charge in [0.1, 0.15) is 11.4 Å². The molecule has 1 fully saturated rings. The van der Waals surface area contributed by atoms with E-state index in [1.54, 1.807) is 18.2 Å². The van der Waals surface area contributed by atoms with E-state index in [-0.39, 0.29) is 11.4 Å². The average molecular weight is 456 g/mol. The molecular formula is C28H42FN3O. The molecule has 182 valence electrons. The van der Waals surface area contributed by atoms with Crippen LogP contribution in [-0.4, -0.2) is 48.7 Å². The Hall–Kier alpha value is -2.40. The van der Waals surface area contributed by atoms with Gasteiger partial charge in [0.15, 0.2) is 0 Å². The Labute approximate surface area is 200 Å². The predicted molar refractivity (Wildman–Crippen MR) is 138 cm³/mol. The van der Waals surface area contributed by atoms with Gasteiger partial charge in [0.2, 0.25) is 0 Å². The second-order valence-corrected chi connectivity index (χ2v) is 8.56. The van der Waals surface area contributed by atoms with Crippen LogP contribution >= 0.6 is 0 Å². The number of nitrogens with zero attached hydrogens (tertiary/aromatic N) is 2. The lowest BCUT2D eigenvalue weighted by Crippen LogP contribution is -2.41. The van der Waals surface area contributed by atoms with Gasteiger partial charge in [-0.1, -0.05) is 70.7 Å². The van der Waals surface area contributed by atoms with Gasteiger partial charge < -0.3 is 15.0 Å². The Bertz CT molecular complexity index is 805. The maximum Gasteiger partial charge on any atom is 0.288 e. The van der Waals surface area contributed by atoms with E-state index in [2.05, 4.69) is 30.3 Å². The van der Waals surface area contributed by atoms with Crippen molar-refractivity contribution in [1.82, 2.24) is 10.2 Å². The predicted octanol–water partition coefficient (Wildman–Crippen LogP) is 6.28. The molecule has 0 radical (unpaired) electrons. The number of unbranched alkanes of at least 4 members (excludes halogenated alkanes) is 1. The van der Waals surface area contributed by atoms with Crippen molar-refractivity contribution in [1.29, 1.82) is 0 Å². The maximum atomic E-state index is 11.9. The van der Waals surface area contributed by atoms with Crippen LogP contribution in [0.4, 0.5) is 4.39 Å². The molecular weight excluding hydrogens is 413 g/mol. The topological polar surface area (TPSA) is 36.9 Å². The fraction of sp³-hybridized carbons (Fsp3) is 0.536. The third kappa shape index (κ3) is 7.85. The van der Waals surface area contributed by atoms with E-state index in [1.807, 2.05) is 26.0 Å².